The minimum atomic E-state index is -3.29. The molecule has 0 atom stereocenters. The van der Waals surface area contributed by atoms with Crippen molar-refractivity contribution >= 4 is 21.4 Å². The second kappa shape index (κ2) is 9.45. The molecule has 0 saturated heterocycles. The average molecular weight is 457 g/mol. The molecule has 4 nitrogen and oxygen atoms in total. The van der Waals surface area contributed by atoms with E-state index in [1.165, 1.54) is 18.4 Å². The Labute approximate surface area is 186 Å². The van der Waals surface area contributed by atoms with Crippen molar-refractivity contribution in [3.05, 3.63) is 89.8 Å². The first-order valence-electron chi connectivity index (χ1n) is 9.73. The second-order valence-electron chi connectivity index (χ2n) is 6.60. The van der Waals surface area contributed by atoms with Crippen LogP contribution in [-0.2, 0) is 9.84 Å². The summed E-state index contributed by atoms with van der Waals surface area (Å²) in [6.45, 7) is 4.00. The normalized spacial score (nSPS) is 11.0. The lowest BCUT2D eigenvalue weighted by Gasteiger charge is -2.09. The van der Waals surface area contributed by atoms with E-state index in [9.17, 15) is 12.8 Å². The molecule has 0 unspecified atom stereocenters. The third-order valence-corrected chi connectivity index (χ3v) is 5.87. The highest BCUT2D eigenvalue weighted by atomic mass is 35.5. The van der Waals surface area contributed by atoms with Crippen molar-refractivity contribution < 1.29 is 12.8 Å². The quantitative estimate of drug-likeness (QED) is 0.355. The van der Waals surface area contributed by atoms with Gasteiger partial charge in [-0.05, 0) is 72.8 Å². The molecule has 1 heterocycles. The van der Waals surface area contributed by atoms with Crippen LogP contribution in [0.1, 0.15) is 13.8 Å². The molecule has 0 aliphatic heterocycles. The summed E-state index contributed by atoms with van der Waals surface area (Å²) >= 11 is 6.01. The third-order valence-electron chi connectivity index (χ3n) is 4.49. The Hall–Kier alpha value is -2.96. The fourth-order valence-electron chi connectivity index (χ4n) is 2.99. The highest BCUT2D eigenvalue weighted by Crippen LogP contribution is 2.29. The van der Waals surface area contributed by atoms with E-state index in [2.05, 4.69) is 0 Å². The molecule has 0 aliphatic carbocycles. The van der Waals surface area contributed by atoms with Gasteiger partial charge in [-0.2, -0.15) is 0 Å². The van der Waals surface area contributed by atoms with E-state index in [-0.39, 0.29) is 10.7 Å². The molecule has 4 rings (SSSR count). The topological polar surface area (TPSA) is 52.0 Å². The Balaban J connectivity index is 0.00000132. The van der Waals surface area contributed by atoms with Gasteiger partial charge >= 0.3 is 0 Å². The van der Waals surface area contributed by atoms with E-state index in [0.29, 0.717) is 16.5 Å². The molecule has 0 fully saturated rings. The van der Waals surface area contributed by atoms with Crippen molar-refractivity contribution in [1.82, 2.24) is 9.55 Å². The molecule has 0 radical (unpaired) electrons. The van der Waals surface area contributed by atoms with Crippen LogP contribution in [0.4, 0.5) is 4.39 Å². The van der Waals surface area contributed by atoms with E-state index in [0.717, 1.165) is 16.8 Å². The Kier molecular flexibility index (Phi) is 6.93. The number of hydrogen-bond acceptors (Lipinski definition) is 3. The largest absolute Gasteiger partial charge is 0.299 e. The van der Waals surface area contributed by atoms with Gasteiger partial charge in [-0.3, -0.25) is 4.57 Å². The number of sulfone groups is 1. The summed E-state index contributed by atoms with van der Waals surface area (Å²) in [5.74, 6) is 0.343. The first-order valence-corrected chi connectivity index (χ1v) is 12.0. The van der Waals surface area contributed by atoms with E-state index >= 15 is 0 Å². The zero-order chi connectivity index (χ0) is 22.6. The summed E-state index contributed by atoms with van der Waals surface area (Å²) in [5, 5.41) is 0.614. The Morgan fingerprint density at radius 3 is 1.94 bits per heavy atom. The van der Waals surface area contributed by atoms with Crippen LogP contribution in [0, 0.1) is 5.82 Å². The Morgan fingerprint density at radius 1 is 0.839 bits per heavy atom. The smallest absolute Gasteiger partial charge is 0.175 e. The van der Waals surface area contributed by atoms with Gasteiger partial charge in [-0.25, -0.2) is 17.8 Å². The van der Waals surface area contributed by atoms with E-state index in [1.807, 2.05) is 36.7 Å². The molecule has 1 aromatic heterocycles. The molecule has 4 aromatic rings. The molecule has 160 valence electrons. The second-order valence-corrected chi connectivity index (χ2v) is 9.05. The summed E-state index contributed by atoms with van der Waals surface area (Å²) in [6, 6.07) is 20.0. The molecule has 3 aromatic carbocycles. The van der Waals surface area contributed by atoms with Gasteiger partial charge in [0.2, 0.25) is 0 Å². The number of rotatable bonds is 4. The summed E-state index contributed by atoms with van der Waals surface area (Å²) in [5.41, 5.74) is 3.04. The summed E-state index contributed by atoms with van der Waals surface area (Å²) in [4.78, 5) is 4.98. The van der Waals surface area contributed by atoms with Crippen LogP contribution in [0.3, 0.4) is 0 Å². The number of benzene rings is 3. The van der Waals surface area contributed by atoms with Crippen molar-refractivity contribution in [2.24, 2.45) is 0 Å². The van der Waals surface area contributed by atoms with Gasteiger partial charge in [0.05, 0.1) is 10.6 Å². The molecule has 0 spiro atoms. The first kappa shape index (κ1) is 22.7. The van der Waals surface area contributed by atoms with Crippen LogP contribution in [-0.4, -0.2) is 24.2 Å². The van der Waals surface area contributed by atoms with Gasteiger partial charge in [0, 0.05) is 34.3 Å². The first-order chi connectivity index (χ1) is 14.8. The standard InChI is InChI=1S/C22H16ClFN2O2S.C2H6/c1-29(27,28)20-12-10-19(11-13-20)26-14-21(15-4-8-18(24)9-5-15)25-22(26)16-2-6-17(23)7-3-16;1-2/h2-14H,1H3;1-2H3. The number of hydrogen-bond donors (Lipinski definition) is 0. The predicted molar refractivity (Wildman–Crippen MR) is 124 cm³/mol. The van der Waals surface area contributed by atoms with E-state index in [4.69, 9.17) is 16.6 Å². The Morgan fingerprint density at radius 2 is 1.39 bits per heavy atom. The molecule has 7 heteroatoms. The molecule has 0 N–H and O–H groups in total. The molecule has 0 bridgehead atoms. The van der Waals surface area contributed by atoms with Gasteiger partial charge in [-0.1, -0.05) is 25.4 Å². The van der Waals surface area contributed by atoms with Crippen molar-refractivity contribution in [1.29, 1.82) is 0 Å². The maximum Gasteiger partial charge on any atom is 0.175 e. The minimum absolute atomic E-state index is 0.244. The van der Waals surface area contributed by atoms with Crippen LogP contribution in [0.2, 0.25) is 5.02 Å². The SMILES string of the molecule is CC.CS(=O)(=O)c1ccc(-n2cc(-c3ccc(F)cc3)nc2-c2ccc(Cl)cc2)cc1. The zero-order valence-corrected chi connectivity index (χ0v) is 19.0. The number of halogens is 2. The number of imidazole rings is 1. The third kappa shape index (κ3) is 5.21. The molecule has 0 saturated carbocycles. The molecule has 0 aliphatic rings. The number of nitrogens with zero attached hydrogens (tertiary/aromatic N) is 2. The lowest BCUT2D eigenvalue weighted by atomic mass is 10.2. The highest BCUT2D eigenvalue weighted by molar-refractivity contribution is 7.90. The fraction of sp³-hybridized carbons (Fsp3) is 0.125. The fourth-order valence-corrected chi connectivity index (χ4v) is 3.75. The molecule has 0 amide bonds. The maximum atomic E-state index is 13.3. The van der Waals surface area contributed by atoms with Crippen molar-refractivity contribution in [3.63, 3.8) is 0 Å². The van der Waals surface area contributed by atoms with E-state index in [1.54, 1.807) is 48.5 Å². The maximum absolute atomic E-state index is 13.3. The zero-order valence-electron chi connectivity index (χ0n) is 17.4. The van der Waals surface area contributed by atoms with Crippen LogP contribution in [0.15, 0.2) is 83.9 Å². The lowest BCUT2D eigenvalue weighted by molar-refractivity contribution is 0.602. The van der Waals surface area contributed by atoms with Crippen LogP contribution in [0.25, 0.3) is 28.3 Å². The summed E-state index contributed by atoms with van der Waals surface area (Å²) < 4.78 is 38.7. The number of aromatic nitrogens is 2. The molecular formula is C24H22ClFN2O2S. The summed E-state index contributed by atoms with van der Waals surface area (Å²) in [7, 11) is -3.29. The average Bonchev–Trinajstić information content (AvgIpc) is 3.21. The highest BCUT2D eigenvalue weighted by Gasteiger charge is 2.14. The molecule has 31 heavy (non-hydrogen) atoms. The van der Waals surface area contributed by atoms with Crippen molar-refractivity contribution in [2.45, 2.75) is 18.7 Å². The monoisotopic (exact) mass is 456 g/mol. The van der Waals surface area contributed by atoms with Gasteiger partial charge in [0.25, 0.3) is 0 Å². The van der Waals surface area contributed by atoms with Crippen molar-refractivity contribution in [2.75, 3.05) is 6.26 Å². The Bertz CT molecular complexity index is 1260. The molecular weight excluding hydrogens is 435 g/mol. The van der Waals surface area contributed by atoms with Crippen LogP contribution >= 0.6 is 11.6 Å². The minimum Gasteiger partial charge on any atom is -0.299 e. The van der Waals surface area contributed by atoms with E-state index < -0.39 is 9.84 Å². The van der Waals surface area contributed by atoms with Gasteiger partial charge in [0.1, 0.15) is 11.6 Å². The van der Waals surface area contributed by atoms with Gasteiger partial charge < -0.3 is 0 Å². The van der Waals surface area contributed by atoms with Gasteiger partial charge in [0.15, 0.2) is 9.84 Å². The van der Waals surface area contributed by atoms with Crippen LogP contribution < -0.4 is 0 Å². The van der Waals surface area contributed by atoms with Gasteiger partial charge in [-0.15, -0.1) is 0 Å². The lowest BCUT2D eigenvalue weighted by Crippen LogP contribution is -1.99. The predicted octanol–water partition coefficient (Wildman–Crippen LogP) is 6.43. The van der Waals surface area contributed by atoms with Crippen LogP contribution in [0.5, 0.6) is 0 Å². The van der Waals surface area contributed by atoms with Crippen molar-refractivity contribution in [3.8, 4) is 28.3 Å². The summed E-state index contributed by atoms with van der Waals surface area (Å²) in [6.07, 6.45) is 3.01.